The van der Waals surface area contributed by atoms with Crippen molar-refractivity contribution in [2.75, 3.05) is 41.4 Å². The Morgan fingerprint density at radius 1 is 0.833 bits per heavy atom. The van der Waals surface area contributed by atoms with Gasteiger partial charge in [-0.25, -0.2) is 9.59 Å². The van der Waals surface area contributed by atoms with Crippen LogP contribution in [0.2, 0.25) is 0 Å². The van der Waals surface area contributed by atoms with Gasteiger partial charge in [0.05, 0.1) is 31.1 Å². The first kappa shape index (κ1) is 28.8. The van der Waals surface area contributed by atoms with Crippen molar-refractivity contribution in [1.82, 2.24) is 5.32 Å². The number of para-hydroxylation sites is 2. The maximum absolute atomic E-state index is 13.9. The van der Waals surface area contributed by atoms with Crippen LogP contribution in [0.25, 0.3) is 0 Å². The van der Waals surface area contributed by atoms with Gasteiger partial charge < -0.3 is 29.9 Å². The molecule has 12 heteroatoms. The minimum atomic E-state index is -1.69. The molecule has 5 rings (SSSR count). The number of nitrogens with one attached hydrogen (secondary N) is 2. The number of esters is 1. The lowest BCUT2D eigenvalue weighted by Gasteiger charge is -2.24. The number of rotatable bonds is 12. The molecular formula is C30H32N4O8. The van der Waals surface area contributed by atoms with Crippen molar-refractivity contribution in [1.29, 1.82) is 0 Å². The summed E-state index contributed by atoms with van der Waals surface area (Å²) in [6, 6.07) is 10.3. The molecule has 2 N–H and O–H groups in total. The molecule has 3 aliphatic rings. The van der Waals surface area contributed by atoms with Gasteiger partial charge in [0, 0.05) is 23.6 Å². The maximum atomic E-state index is 13.9. The van der Waals surface area contributed by atoms with Crippen LogP contribution in [0.1, 0.15) is 32.6 Å². The largest absolute Gasteiger partial charge is 0.482 e. The number of nitrogens with zero attached hydrogens (tertiary/aromatic N) is 2. The average Bonchev–Trinajstić information content (AvgIpc) is 3.88. The molecule has 2 aromatic rings. The molecule has 0 saturated heterocycles. The van der Waals surface area contributed by atoms with E-state index >= 15 is 0 Å². The number of hydrogen-bond acceptors (Lipinski definition) is 8. The molecule has 0 unspecified atom stereocenters. The fraction of sp³-hybridized carbons (Fsp3) is 0.400. The molecular weight excluding hydrogens is 544 g/mol. The Kier molecular flexibility index (Phi) is 8.51. The van der Waals surface area contributed by atoms with Crippen LogP contribution in [-0.4, -0.2) is 67.7 Å². The number of Topliss-reactive ketones (excluding diaryl/α,β-unsaturated/α-hetero) is 2. The molecule has 0 bridgehead atoms. The van der Waals surface area contributed by atoms with Crippen LogP contribution in [0.15, 0.2) is 48.5 Å². The van der Waals surface area contributed by atoms with Crippen molar-refractivity contribution < 1.29 is 38.2 Å². The second kappa shape index (κ2) is 12.4. The third kappa shape index (κ3) is 6.76. The third-order valence-corrected chi connectivity index (χ3v) is 7.21. The smallest absolute Gasteiger partial charge is 0.344 e. The molecule has 2 aromatic carbocycles. The van der Waals surface area contributed by atoms with Gasteiger partial charge in [-0.15, -0.1) is 0 Å². The highest BCUT2D eigenvalue weighted by atomic mass is 16.6. The summed E-state index contributed by atoms with van der Waals surface area (Å²) >= 11 is 0. The van der Waals surface area contributed by atoms with Crippen LogP contribution < -0.4 is 25.2 Å². The lowest BCUT2D eigenvalue weighted by atomic mass is 10.2. The molecule has 1 heterocycles. The Hall–Kier alpha value is -4.74. The Morgan fingerprint density at radius 2 is 1.40 bits per heavy atom. The Balaban J connectivity index is 1.37. The minimum absolute atomic E-state index is 0.129. The standard InChI is InChI=1S/C30H32N4O8/c1-2-41-26(37)17-42-21-7-5-6-20(14-21)31-30(40)32-27-28(38)33(15-24(35)18-10-11-18)22-8-3-4-9-23(22)34(29(27)39)16-25(36)19-12-13-19/h3-9,14,18-19,27H,2,10-13,15-17H2,1H3,(H2,31,32,40). The predicted octanol–water partition coefficient (Wildman–Crippen LogP) is 2.46. The van der Waals surface area contributed by atoms with Crippen molar-refractivity contribution in [3.05, 3.63) is 48.5 Å². The highest BCUT2D eigenvalue weighted by molar-refractivity contribution is 6.23. The average molecular weight is 577 g/mol. The first-order valence-electron chi connectivity index (χ1n) is 14.0. The zero-order valence-corrected chi connectivity index (χ0v) is 23.2. The molecule has 1 aliphatic heterocycles. The van der Waals surface area contributed by atoms with E-state index in [0.29, 0.717) is 11.4 Å². The topological polar surface area (TPSA) is 151 Å². The minimum Gasteiger partial charge on any atom is -0.482 e. The van der Waals surface area contributed by atoms with Crippen molar-refractivity contribution in [3.8, 4) is 5.75 Å². The summed E-state index contributed by atoms with van der Waals surface area (Å²) in [5.41, 5.74) is 0.918. The number of urea groups is 1. The molecule has 42 heavy (non-hydrogen) atoms. The van der Waals surface area contributed by atoms with Gasteiger partial charge in [0.25, 0.3) is 11.8 Å². The first-order chi connectivity index (χ1) is 20.2. The SMILES string of the molecule is CCOC(=O)COc1cccc(NC(=O)NC2C(=O)N(CC(=O)C3CC3)c3ccccc3N(CC(=O)C3CC3)C2=O)c1. The molecule has 2 aliphatic carbocycles. The number of amides is 4. The highest BCUT2D eigenvalue weighted by Gasteiger charge is 2.44. The summed E-state index contributed by atoms with van der Waals surface area (Å²) in [6.45, 7) is 1.07. The highest BCUT2D eigenvalue weighted by Crippen LogP contribution is 2.37. The van der Waals surface area contributed by atoms with Gasteiger partial charge >= 0.3 is 12.0 Å². The van der Waals surface area contributed by atoms with Gasteiger partial charge in [0.15, 0.2) is 24.2 Å². The van der Waals surface area contributed by atoms with Crippen LogP contribution >= 0.6 is 0 Å². The van der Waals surface area contributed by atoms with E-state index < -0.39 is 29.9 Å². The van der Waals surface area contributed by atoms with E-state index in [1.807, 2.05) is 0 Å². The Labute approximate surface area is 242 Å². The van der Waals surface area contributed by atoms with Gasteiger partial charge in [0.2, 0.25) is 0 Å². The fourth-order valence-electron chi connectivity index (χ4n) is 4.71. The van der Waals surface area contributed by atoms with Crippen LogP contribution in [0.5, 0.6) is 5.75 Å². The van der Waals surface area contributed by atoms with E-state index in [1.54, 1.807) is 49.4 Å². The lowest BCUT2D eigenvalue weighted by Crippen LogP contribution is -2.57. The zero-order chi connectivity index (χ0) is 29.8. The Bertz CT molecular complexity index is 1350. The summed E-state index contributed by atoms with van der Waals surface area (Å²) in [6.07, 6.45) is 2.98. The van der Waals surface area contributed by atoms with E-state index in [4.69, 9.17) is 9.47 Å². The number of carbonyl (C=O) groups is 6. The van der Waals surface area contributed by atoms with Crippen LogP contribution in [0, 0.1) is 11.8 Å². The first-order valence-corrected chi connectivity index (χ1v) is 14.0. The maximum Gasteiger partial charge on any atom is 0.344 e. The van der Waals surface area contributed by atoms with E-state index in [-0.39, 0.29) is 61.1 Å². The number of hydrogen-bond donors (Lipinski definition) is 2. The second-order valence-corrected chi connectivity index (χ2v) is 10.5. The number of carbonyl (C=O) groups excluding carboxylic acids is 6. The van der Waals surface area contributed by atoms with Crippen LogP contribution in [0.3, 0.4) is 0 Å². The molecule has 0 spiro atoms. The molecule has 2 saturated carbocycles. The number of fused-ring (bicyclic) bond motifs is 1. The summed E-state index contributed by atoms with van der Waals surface area (Å²) in [4.78, 5) is 80.5. The lowest BCUT2D eigenvalue weighted by molar-refractivity contribution is -0.145. The number of benzene rings is 2. The molecule has 0 atom stereocenters. The summed E-state index contributed by atoms with van der Waals surface area (Å²) < 4.78 is 10.2. The van der Waals surface area contributed by atoms with E-state index in [1.165, 1.54) is 15.9 Å². The second-order valence-electron chi connectivity index (χ2n) is 10.5. The molecule has 0 aromatic heterocycles. The molecule has 4 amide bonds. The molecule has 12 nitrogen and oxygen atoms in total. The van der Waals surface area contributed by atoms with Gasteiger partial charge in [-0.3, -0.25) is 19.2 Å². The van der Waals surface area contributed by atoms with Gasteiger partial charge in [0.1, 0.15) is 5.75 Å². The van der Waals surface area contributed by atoms with Gasteiger partial charge in [-0.2, -0.15) is 0 Å². The summed E-state index contributed by atoms with van der Waals surface area (Å²) in [7, 11) is 0. The summed E-state index contributed by atoms with van der Waals surface area (Å²) in [5.74, 6) is -2.34. The quantitative estimate of drug-likeness (QED) is 0.289. The molecule has 2 fully saturated rings. The van der Waals surface area contributed by atoms with Crippen LogP contribution in [-0.2, 0) is 28.7 Å². The van der Waals surface area contributed by atoms with E-state index in [0.717, 1.165) is 25.7 Å². The summed E-state index contributed by atoms with van der Waals surface area (Å²) in [5, 5.41) is 5.03. The number of anilines is 3. The zero-order valence-electron chi connectivity index (χ0n) is 23.2. The van der Waals surface area contributed by atoms with Crippen molar-refractivity contribution >= 4 is 52.4 Å². The third-order valence-electron chi connectivity index (χ3n) is 7.21. The van der Waals surface area contributed by atoms with E-state index in [9.17, 15) is 28.8 Å². The predicted molar refractivity (Wildman–Crippen MR) is 151 cm³/mol. The number of ketones is 2. The fourth-order valence-corrected chi connectivity index (χ4v) is 4.71. The van der Waals surface area contributed by atoms with Crippen LogP contribution in [0.4, 0.5) is 21.9 Å². The van der Waals surface area contributed by atoms with Crippen molar-refractivity contribution in [2.45, 2.75) is 38.6 Å². The molecule has 220 valence electrons. The van der Waals surface area contributed by atoms with E-state index in [2.05, 4.69) is 10.6 Å². The normalized spacial score (nSPS) is 16.8. The molecule has 0 radical (unpaired) electrons. The van der Waals surface area contributed by atoms with Crippen molar-refractivity contribution in [3.63, 3.8) is 0 Å². The van der Waals surface area contributed by atoms with Crippen molar-refractivity contribution in [2.24, 2.45) is 11.8 Å². The Morgan fingerprint density at radius 3 is 1.93 bits per heavy atom. The van der Waals surface area contributed by atoms with Gasteiger partial charge in [-0.05, 0) is 56.9 Å². The number of ether oxygens (including phenoxy) is 2. The monoisotopic (exact) mass is 576 g/mol. The van der Waals surface area contributed by atoms with Gasteiger partial charge in [-0.1, -0.05) is 18.2 Å².